The Morgan fingerprint density at radius 1 is 0.857 bits per heavy atom. The lowest BCUT2D eigenvalue weighted by atomic mass is 10.1. The van der Waals surface area contributed by atoms with E-state index in [1.165, 1.54) is 19.3 Å². The molecule has 3 heteroatoms. The first-order valence-corrected chi connectivity index (χ1v) is 8.08. The van der Waals surface area contributed by atoms with Crippen molar-refractivity contribution in [3.05, 3.63) is 30.3 Å². The van der Waals surface area contributed by atoms with Crippen LogP contribution in [0.1, 0.15) is 46.5 Å². The fourth-order valence-electron chi connectivity index (χ4n) is 1.98. The molecule has 0 fully saturated rings. The zero-order valence-corrected chi connectivity index (χ0v) is 13.9. The predicted molar refractivity (Wildman–Crippen MR) is 89.0 cm³/mol. The summed E-state index contributed by atoms with van der Waals surface area (Å²) in [5, 5.41) is 3.51. The van der Waals surface area contributed by atoms with Crippen molar-refractivity contribution in [2.45, 2.75) is 52.0 Å². The van der Waals surface area contributed by atoms with Gasteiger partial charge in [0.2, 0.25) is 0 Å². The number of ether oxygens (including phenoxy) is 2. The molecule has 1 aromatic rings. The molecule has 0 aliphatic carbocycles. The van der Waals surface area contributed by atoms with Crippen LogP contribution in [0, 0.1) is 0 Å². The minimum atomic E-state index is 0.238. The van der Waals surface area contributed by atoms with E-state index in [4.69, 9.17) is 9.47 Å². The molecular weight excluding hydrogens is 262 g/mol. The van der Waals surface area contributed by atoms with E-state index in [9.17, 15) is 0 Å². The molecule has 0 radical (unpaired) electrons. The average Bonchev–Trinajstić information content (AvgIpc) is 2.44. The number of hydrogen-bond acceptors (Lipinski definition) is 3. The van der Waals surface area contributed by atoms with Gasteiger partial charge < -0.3 is 14.8 Å². The minimum Gasteiger partial charge on any atom is -0.491 e. The van der Waals surface area contributed by atoms with Crippen molar-refractivity contribution in [1.82, 2.24) is 5.32 Å². The highest BCUT2D eigenvalue weighted by molar-refractivity contribution is 5.20. The van der Waals surface area contributed by atoms with Crippen LogP contribution in [0.2, 0.25) is 0 Å². The third-order valence-electron chi connectivity index (χ3n) is 3.11. The monoisotopic (exact) mass is 293 g/mol. The van der Waals surface area contributed by atoms with Gasteiger partial charge in [0.05, 0.1) is 6.61 Å². The van der Waals surface area contributed by atoms with Crippen LogP contribution >= 0.6 is 0 Å². The van der Waals surface area contributed by atoms with E-state index in [-0.39, 0.29) is 5.54 Å². The first-order valence-electron chi connectivity index (χ1n) is 8.08. The van der Waals surface area contributed by atoms with Crippen molar-refractivity contribution in [2.24, 2.45) is 0 Å². The highest BCUT2D eigenvalue weighted by atomic mass is 16.5. The zero-order valence-electron chi connectivity index (χ0n) is 13.9. The van der Waals surface area contributed by atoms with Crippen LogP contribution in [0.5, 0.6) is 5.75 Å². The molecule has 0 aromatic heterocycles. The van der Waals surface area contributed by atoms with Gasteiger partial charge in [-0.1, -0.05) is 31.0 Å². The maximum absolute atomic E-state index is 5.58. The standard InChI is InChI=1S/C18H31NO2/c1-18(2,3)19-13-9-4-5-10-14-20-15-16-21-17-11-7-6-8-12-17/h6-8,11-12,19H,4-5,9-10,13-16H2,1-3H3. The molecule has 120 valence electrons. The number of nitrogens with one attached hydrogen (secondary N) is 1. The highest BCUT2D eigenvalue weighted by Crippen LogP contribution is 2.07. The predicted octanol–water partition coefficient (Wildman–Crippen LogP) is 4.03. The van der Waals surface area contributed by atoms with E-state index in [1.807, 2.05) is 30.3 Å². The molecule has 0 unspecified atom stereocenters. The fourth-order valence-corrected chi connectivity index (χ4v) is 1.98. The zero-order chi connectivity index (χ0) is 15.4. The Bertz CT molecular complexity index is 346. The second-order valence-electron chi connectivity index (χ2n) is 6.36. The first kappa shape index (κ1) is 18.0. The Morgan fingerprint density at radius 3 is 2.29 bits per heavy atom. The van der Waals surface area contributed by atoms with Gasteiger partial charge in [-0.3, -0.25) is 0 Å². The summed E-state index contributed by atoms with van der Waals surface area (Å²) in [6, 6.07) is 9.87. The van der Waals surface area contributed by atoms with Crippen LogP contribution in [0.4, 0.5) is 0 Å². The smallest absolute Gasteiger partial charge is 0.119 e. The molecule has 0 atom stereocenters. The van der Waals surface area contributed by atoms with Gasteiger partial charge in [-0.15, -0.1) is 0 Å². The third-order valence-corrected chi connectivity index (χ3v) is 3.11. The van der Waals surface area contributed by atoms with Gasteiger partial charge in [-0.05, 0) is 52.3 Å². The number of hydrogen-bond donors (Lipinski definition) is 1. The van der Waals surface area contributed by atoms with Gasteiger partial charge in [0, 0.05) is 12.1 Å². The Morgan fingerprint density at radius 2 is 1.57 bits per heavy atom. The molecule has 0 aliphatic rings. The molecule has 21 heavy (non-hydrogen) atoms. The van der Waals surface area contributed by atoms with Crippen LogP contribution in [-0.4, -0.2) is 31.9 Å². The maximum atomic E-state index is 5.58. The Balaban J connectivity index is 1.81. The summed E-state index contributed by atoms with van der Waals surface area (Å²) in [7, 11) is 0. The van der Waals surface area contributed by atoms with Gasteiger partial charge in [0.1, 0.15) is 12.4 Å². The van der Waals surface area contributed by atoms with Gasteiger partial charge >= 0.3 is 0 Å². The van der Waals surface area contributed by atoms with Gasteiger partial charge in [-0.2, -0.15) is 0 Å². The van der Waals surface area contributed by atoms with Crippen molar-refractivity contribution in [3.63, 3.8) is 0 Å². The van der Waals surface area contributed by atoms with Crippen LogP contribution in [-0.2, 0) is 4.74 Å². The fraction of sp³-hybridized carbons (Fsp3) is 0.667. The van der Waals surface area contributed by atoms with Gasteiger partial charge in [0.25, 0.3) is 0 Å². The lowest BCUT2D eigenvalue weighted by Gasteiger charge is -2.20. The quantitative estimate of drug-likeness (QED) is 0.625. The lowest BCUT2D eigenvalue weighted by molar-refractivity contribution is 0.0971. The molecule has 1 N–H and O–H groups in total. The Hall–Kier alpha value is -1.06. The van der Waals surface area contributed by atoms with Gasteiger partial charge in [-0.25, -0.2) is 0 Å². The van der Waals surface area contributed by atoms with Crippen molar-refractivity contribution < 1.29 is 9.47 Å². The molecule has 0 heterocycles. The van der Waals surface area contributed by atoms with Gasteiger partial charge in [0.15, 0.2) is 0 Å². The van der Waals surface area contributed by atoms with Crippen molar-refractivity contribution in [1.29, 1.82) is 0 Å². The number of benzene rings is 1. The number of unbranched alkanes of at least 4 members (excludes halogenated alkanes) is 3. The second kappa shape index (κ2) is 10.6. The molecule has 0 saturated heterocycles. The Kier molecular flexibility index (Phi) is 9.11. The molecule has 0 amide bonds. The second-order valence-corrected chi connectivity index (χ2v) is 6.36. The van der Waals surface area contributed by atoms with Crippen molar-refractivity contribution >= 4 is 0 Å². The molecular formula is C18H31NO2. The molecule has 0 bridgehead atoms. The van der Waals surface area contributed by atoms with E-state index in [1.54, 1.807) is 0 Å². The molecule has 1 rings (SSSR count). The van der Waals surface area contributed by atoms with E-state index in [2.05, 4.69) is 26.1 Å². The number of rotatable bonds is 11. The molecule has 3 nitrogen and oxygen atoms in total. The first-order chi connectivity index (χ1) is 10.1. The SMILES string of the molecule is CC(C)(C)NCCCCCCOCCOc1ccccc1. The summed E-state index contributed by atoms with van der Waals surface area (Å²) in [5.41, 5.74) is 0.238. The van der Waals surface area contributed by atoms with E-state index < -0.39 is 0 Å². The Labute approximate surface area is 130 Å². The summed E-state index contributed by atoms with van der Waals surface area (Å²) < 4.78 is 11.1. The van der Waals surface area contributed by atoms with Crippen LogP contribution in [0.3, 0.4) is 0 Å². The molecule has 0 aliphatic heterocycles. The highest BCUT2D eigenvalue weighted by Gasteiger charge is 2.06. The summed E-state index contributed by atoms with van der Waals surface area (Å²) in [5.74, 6) is 0.910. The summed E-state index contributed by atoms with van der Waals surface area (Å²) in [6.45, 7) is 9.86. The van der Waals surface area contributed by atoms with E-state index in [0.717, 1.165) is 25.3 Å². The average molecular weight is 293 g/mol. The topological polar surface area (TPSA) is 30.5 Å². The molecule has 0 spiro atoms. The van der Waals surface area contributed by atoms with Crippen LogP contribution < -0.4 is 10.1 Å². The third kappa shape index (κ3) is 11.3. The summed E-state index contributed by atoms with van der Waals surface area (Å²) >= 11 is 0. The van der Waals surface area contributed by atoms with Crippen LogP contribution in [0.25, 0.3) is 0 Å². The van der Waals surface area contributed by atoms with Crippen molar-refractivity contribution in [2.75, 3.05) is 26.4 Å². The minimum absolute atomic E-state index is 0.238. The van der Waals surface area contributed by atoms with Crippen LogP contribution in [0.15, 0.2) is 30.3 Å². The number of para-hydroxylation sites is 1. The normalized spacial score (nSPS) is 11.6. The van der Waals surface area contributed by atoms with Crippen molar-refractivity contribution in [3.8, 4) is 5.75 Å². The summed E-state index contributed by atoms with van der Waals surface area (Å²) in [4.78, 5) is 0. The lowest BCUT2D eigenvalue weighted by Crippen LogP contribution is -2.36. The largest absolute Gasteiger partial charge is 0.491 e. The molecule has 0 saturated carbocycles. The van der Waals surface area contributed by atoms with E-state index >= 15 is 0 Å². The maximum Gasteiger partial charge on any atom is 0.119 e. The summed E-state index contributed by atoms with van der Waals surface area (Å²) in [6.07, 6.45) is 4.90. The molecule has 1 aromatic carbocycles. The van der Waals surface area contributed by atoms with E-state index in [0.29, 0.717) is 13.2 Å².